The number of ketones is 1. The Hall–Kier alpha value is -3.59. The maximum Gasteiger partial charge on any atom is 0.341 e. The maximum atomic E-state index is 13.1. The molecular formula is C24H23NO7S. The van der Waals surface area contributed by atoms with Crippen LogP contribution in [0.5, 0.6) is 11.5 Å². The third-order valence-electron chi connectivity index (χ3n) is 4.40. The van der Waals surface area contributed by atoms with E-state index < -0.39 is 30.2 Å². The second-order valence-electron chi connectivity index (χ2n) is 6.77. The standard InChI is InChI=1S/C24H23NO7S/c1-3-30-18-12-15(10-11-17(18)32-14-20(26)27)13-19-22(28)21(24(29)31-4-2)23(33-19)25-16-8-6-5-7-9-16/h5-13,21H,3-4,14H2,1-2H3,(H,26,27)/b19-13-,25-23?. The van der Waals surface area contributed by atoms with Crippen molar-refractivity contribution in [2.75, 3.05) is 19.8 Å². The molecule has 9 heteroatoms. The molecule has 1 fully saturated rings. The Balaban J connectivity index is 1.94. The number of hydrogen-bond acceptors (Lipinski definition) is 8. The van der Waals surface area contributed by atoms with Crippen molar-refractivity contribution in [3.8, 4) is 11.5 Å². The number of aliphatic imine (C=N–C) groups is 1. The highest BCUT2D eigenvalue weighted by atomic mass is 32.2. The van der Waals surface area contributed by atoms with Crippen molar-refractivity contribution in [1.82, 2.24) is 0 Å². The summed E-state index contributed by atoms with van der Waals surface area (Å²) in [7, 11) is 0. The molecule has 0 bridgehead atoms. The lowest BCUT2D eigenvalue weighted by Crippen LogP contribution is -2.27. The number of benzene rings is 2. The van der Waals surface area contributed by atoms with E-state index in [1.807, 2.05) is 18.2 Å². The van der Waals surface area contributed by atoms with Crippen molar-refractivity contribution >= 4 is 46.3 Å². The lowest BCUT2D eigenvalue weighted by atomic mass is 10.0. The first-order chi connectivity index (χ1) is 15.9. The normalized spacial score (nSPS) is 17.9. The number of Topliss-reactive ketones (excluding diaryl/α,β-unsaturated/α-hetero) is 1. The summed E-state index contributed by atoms with van der Waals surface area (Å²) in [6.07, 6.45) is 1.64. The fourth-order valence-corrected chi connectivity index (χ4v) is 4.13. The van der Waals surface area contributed by atoms with Crippen molar-refractivity contribution in [2.24, 2.45) is 10.9 Å². The van der Waals surface area contributed by atoms with Crippen LogP contribution in [0.4, 0.5) is 5.69 Å². The Kier molecular flexibility index (Phi) is 8.26. The molecule has 2 aromatic rings. The zero-order valence-electron chi connectivity index (χ0n) is 18.1. The smallest absolute Gasteiger partial charge is 0.341 e. The van der Waals surface area contributed by atoms with Crippen molar-refractivity contribution in [3.05, 3.63) is 59.0 Å². The first-order valence-electron chi connectivity index (χ1n) is 10.3. The highest BCUT2D eigenvalue weighted by molar-refractivity contribution is 8.19. The van der Waals surface area contributed by atoms with Gasteiger partial charge in [-0.2, -0.15) is 0 Å². The van der Waals surface area contributed by atoms with Crippen LogP contribution < -0.4 is 9.47 Å². The minimum absolute atomic E-state index is 0.153. The monoisotopic (exact) mass is 469 g/mol. The van der Waals surface area contributed by atoms with Crippen LogP contribution in [0.2, 0.25) is 0 Å². The molecule has 0 spiro atoms. The first kappa shape index (κ1) is 24.1. The van der Waals surface area contributed by atoms with Gasteiger partial charge < -0.3 is 19.3 Å². The molecule has 1 heterocycles. The summed E-state index contributed by atoms with van der Waals surface area (Å²) in [5.74, 6) is -2.62. The van der Waals surface area contributed by atoms with Gasteiger partial charge in [0, 0.05) is 0 Å². The van der Waals surface area contributed by atoms with Crippen LogP contribution >= 0.6 is 11.8 Å². The summed E-state index contributed by atoms with van der Waals surface area (Å²) in [4.78, 5) is 41.3. The van der Waals surface area contributed by atoms with Gasteiger partial charge in [0.1, 0.15) is 5.04 Å². The van der Waals surface area contributed by atoms with Crippen LogP contribution in [0.15, 0.2) is 58.4 Å². The number of rotatable bonds is 9. The summed E-state index contributed by atoms with van der Waals surface area (Å²) in [5.41, 5.74) is 1.25. The first-order valence-corrected chi connectivity index (χ1v) is 11.1. The summed E-state index contributed by atoms with van der Waals surface area (Å²) in [5, 5.41) is 9.19. The largest absolute Gasteiger partial charge is 0.490 e. The molecule has 8 nitrogen and oxygen atoms in total. The number of carboxylic acids is 1. The van der Waals surface area contributed by atoms with E-state index in [0.717, 1.165) is 11.8 Å². The Morgan fingerprint density at radius 3 is 2.48 bits per heavy atom. The predicted molar refractivity (Wildman–Crippen MR) is 125 cm³/mol. The molecule has 1 N–H and O–H groups in total. The number of esters is 1. The zero-order chi connectivity index (χ0) is 23.8. The molecule has 1 aliphatic rings. The molecule has 33 heavy (non-hydrogen) atoms. The molecule has 172 valence electrons. The summed E-state index contributed by atoms with van der Waals surface area (Å²) >= 11 is 1.12. The van der Waals surface area contributed by atoms with E-state index in [-0.39, 0.29) is 12.4 Å². The van der Waals surface area contributed by atoms with E-state index in [2.05, 4.69) is 4.99 Å². The number of thioether (sulfide) groups is 1. The van der Waals surface area contributed by atoms with Crippen LogP contribution in [-0.2, 0) is 19.1 Å². The van der Waals surface area contributed by atoms with Crippen molar-refractivity contribution in [2.45, 2.75) is 13.8 Å². The van der Waals surface area contributed by atoms with E-state index >= 15 is 0 Å². The lowest BCUT2D eigenvalue weighted by Gasteiger charge is -2.11. The number of carboxylic acid groups (broad SMARTS) is 1. The van der Waals surface area contributed by atoms with Crippen LogP contribution in [0.3, 0.4) is 0 Å². The molecule has 1 aliphatic heterocycles. The van der Waals surface area contributed by atoms with Gasteiger partial charge in [0.2, 0.25) is 0 Å². The molecule has 1 saturated heterocycles. The molecular weight excluding hydrogens is 446 g/mol. The van der Waals surface area contributed by atoms with Gasteiger partial charge >= 0.3 is 11.9 Å². The van der Waals surface area contributed by atoms with Gasteiger partial charge in [0.25, 0.3) is 0 Å². The van der Waals surface area contributed by atoms with Crippen LogP contribution in [-0.4, -0.2) is 47.7 Å². The minimum Gasteiger partial charge on any atom is -0.490 e. The van der Waals surface area contributed by atoms with Gasteiger partial charge in [-0.1, -0.05) is 36.0 Å². The molecule has 0 aromatic heterocycles. The molecule has 1 unspecified atom stereocenters. The second-order valence-corrected chi connectivity index (χ2v) is 7.83. The molecule has 0 saturated carbocycles. The molecule has 1 atom stereocenters. The van der Waals surface area contributed by atoms with E-state index in [9.17, 15) is 14.4 Å². The van der Waals surface area contributed by atoms with E-state index in [4.69, 9.17) is 19.3 Å². The Morgan fingerprint density at radius 1 is 1.06 bits per heavy atom. The zero-order valence-corrected chi connectivity index (χ0v) is 19.0. The number of carbonyl (C=O) groups excluding carboxylic acids is 2. The molecule has 0 radical (unpaired) electrons. The SMILES string of the molecule is CCOC(=O)C1C(=O)/C(=C/c2ccc(OCC(=O)O)c(OCC)c2)SC1=Nc1ccccc1. The average Bonchev–Trinajstić information content (AvgIpc) is 3.08. The number of para-hydroxylation sites is 1. The molecule has 0 aliphatic carbocycles. The predicted octanol–water partition coefficient (Wildman–Crippen LogP) is 4.12. The summed E-state index contributed by atoms with van der Waals surface area (Å²) in [6.45, 7) is 3.46. The van der Waals surface area contributed by atoms with Gasteiger partial charge in [-0.3, -0.25) is 9.59 Å². The van der Waals surface area contributed by atoms with Crippen molar-refractivity contribution in [3.63, 3.8) is 0 Å². The summed E-state index contributed by atoms with van der Waals surface area (Å²) < 4.78 is 15.9. The van der Waals surface area contributed by atoms with Crippen molar-refractivity contribution < 1.29 is 33.7 Å². The number of carbonyl (C=O) groups is 3. The van der Waals surface area contributed by atoms with Gasteiger partial charge in [-0.15, -0.1) is 0 Å². The van der Waals surface area contributed by atoms with Gasteiger partial charge in [-0.05, 0) is 49.8 Å². The molecule has 3 rings (SSSR count). The van der Waals surface area contributed by atoms with E-state index in [1.54, 1.807) is 50.3 Å². The van der Waals surface area contributed by atoms with E-state index in [0.29, 0.717) is 33.6 Å². The van der Waals surface area contributed by atoms with Crippen LogP contribution in [0.1, 0.15) is 19.4 Å². The number of nitrogens with zero attached hydrogens (tertiary/aromatic N) is 1. The number of aliphatic carboxylic acids is 1. The topological polar surface area (TPSA) is 111 Å². The quantitative estimate of drug-likeness (QED) is 0.332. The second kappa shape index (κ2) is 11.3. The van der Waals surface area contributed by atoms with Crippen LogP contribution in [0.25, 0.3) is 6.08 Å². The third-order valence-corrected chi connectivity index (χ3v) is 5.48. The van der Waals surface area contributed by atoms with Crippen LogP contribution in [0, 0.1) is 5.92 Å². The Bertz CT molecular complexity index is 1100. The highest BCUT2D eigenvalue weighted by Crippen LogP contribution is 2.39. The van der Waals surface area contributed by atoms with Gasteiger partial charge in [0.15, 0.2) is 29.8 Å². The molecule has 0 amide bonds. The van der Waals surface area contributed by atoms with Gasteiger partial charge in [-0.25, -0.2) is 9.79 Å². The molecule has 2 aromatic carbocycles. The Labute approximate surface area is 195 Å². The minimum atomic E-state index is -1.12. The number of ether oxygens (including phenoxy) is 3. The lowest BCUT2D eigenvalue weighted by molar-refractivity contribution is -0.147. The number of hydrogen-bond donors (Lipinski definition) is 1. The third kappa shape index (κ3) is 6.23. The fraction of sp³-hybridized carbons (Fsp3) is 0.250. The maximum absolute atomic E-state index is 13.1. The average molecular weight is 470 g/mol. The summed E-state index contributed by atoms with van der Waals surface area (Å²) in [6, 6.07) is 14.0. The fourth-order valence-electron chi connectivity index (χ4n) is 3.02. The van der Waals surface area contributed by atoms with Crippen molar-refractivity contribution in [1.29, 1.82) is 0 Å². The number of allylic oxidation sites excluding steroid dienone is 1. The highest BCUT2D eigenvalue weighted by Gasteiger charge is 2.42. The Morgan fingerprint density at radius 2 is 1.82 bits per heavy atom. The van der Waals surface area contributed by atoms with E-state index in [1.165, 1.54) is 0 Å². The van der Waals surface area contributed by atoms with Gasteiger partial charge in [0.05, 0.1) is 23.8 Å².